The van der Waals surface area contributed by atoms with Gasteiger partial charge in [0.25, 0.3) is 5.91 Å². The fraction of sp³-hybridized carbons (Fsp3) is 0.333. The minimum absolute atomic E-state index is 0.0747. The highest BCUT2D eigenvalue weighted by atomic mass is 16.5. The van der Waals surface area contributed by atoms with Crippen LogP contribution in [0.3, 0.4) is 0 Å². The highest BCUT2D eigenvalue weighted by Crippen LogP contribution is 2.17. The van der Waals surface area contributed by atoms with Crippen molar-refractivity contribution in [2.45, 2.75) is 0 Å². The minimum Gasteiger partial charge on any atom is -0.497 e. The number of carbonyl (C=O) groups excluding carboxylic acids is 1. The average Bonchev–Trinajstić information content (AvgIpc) is 3.22. The molecule has 0 unspecified atom stereocenters. The molecule has 7 nitrogen and oxygen atoms in total. The Labute approximate surface area is 163 Å². The number of ether oxygens (including phenoxy) is 2. The van der Waals surface area contributed by atoms with Gasteiger partial charge in [-0.25, -0.2) is 4.98 Å². The number of nitrogens with one attached hydrogen (secondary N) is 1. The second-order valence-corrected chi connectivity index (χ2v) is 6.79. The highest BCUT2D eigenvalue weighted by Gasteiger charge is 2.22. The molecule has 4 rings (SSSR count). The fourth-order valence-electron chi connectivity index (χ4n) is 3.39. The van der Waals surface area contributed by atoms with Gasteiger partial charge in [0.1, 0.15) is 18.1 Å². The van der Waals surface area contributed by atoms with Crippen LogP contribution in [0.15, 0.2) is 48.8 Å². The number of hydrogen-bond donors (Lipinski definition) is 1. The topological polar surface area (TPSA) is 70.7 Å². The summed E-state index contributed by atoms with van der Waals surface area (Å²) in [7, 11) is 1.65. The summed E-state index contributed by atoms with van der Waals surface area (Å²) in [6.07, 6.45) is 1.64. The van der Waals surface area contributed by atoms with E-state index in [1.54, 1.807) is 13.4 Å². The second-order valence-electron chi connectivity index (χ2n) is 6.79. The number of benzene rings is 2. The van der Waals surface area contributed by atoms with E-state index in [0.717, 1.165) is 55.3 Å². The molecule has 3 aromatic rings. The standard InChI is InChI=1S/C21H24N4O3/c1-27-17-3-5-18(6-4-17)28-13-12-24-8-10-25(11-9-24)21(26)16-2-7-19-20(14-16)23-15-22-19/h2-7,14-15H,8-13H2,1H3,(H,22,23). The zero-order chi connectivity index (χ0) is 19.3. The lowest BCUT2D eigenvalue weighted by Gasteiger charge is -2.34. The molecular formula is C21H24N4O3. The third kappa shape index (κ3) is 4.09. The number of piperazine rings is 1. The molecule has 0 radical (unpaired) electrons. The summed E-state index contributed by atoms with van der Waals surface area (Å²) in [6.45, 7) is 4.61. The molecule has 1 aliphatic rings. The number of imidazole rings is 1. The summed E-state index contributed by atoms with van der Waals surface area (Å²) < 4.78 is 10.9. The van der Waals surface area contributed by atoms with Gasteiger partial charge in [0.15, 0.2) is 0 Å². The van der Waals surface area contributed by atoms with Crippen LogP contribution in [0.25, 0.3) is 11.0 Å². The Morgan fingerprint density at radius 1 is 1.07 bits per heavy atom. The van der Waals surface area contributed by atoms with Crippen molar-refractivity contribution < 1.29 is 14.3 Å². The smallest absolute Gasteiger partial charge is 0.254 e. The summed E-state index contributed by atoms with van der Waals surface area (Å²) in [5.41, 5.74) is 2.46. The summed E-state index contributed by atoms with van der Waals surface area (Å²) in [5, 5.41) is 0. The van der Waals surface area contributed by atoms with Crippen molar-refractivity contribution >= 4 is 16.9 Å². The molecule has 1 saturated heterocycles. The molecule has 1 aromatic heterocycles. The normalized spacial score (nSPS) is 15.0. The van der Waals surface area contributed by atoms with Gasteiger partial charge < -0.3 is 19.4 Å². The quantitative estimate of drug-likeness (QED) is 0.711. The molecule has 1 fully saturated rings. The minimum atomic E-state index is 0.0747. The average molecular weight is 380 g/mol. The van der Waals surface area contributed by atoms with E-state index in [-0.39, 0.29) is 5.91 Å². The van der Waals surface area contributed by atoms with Gasteiger partial charge in [-0.05, 0) is 42.5 Å². The van der Waals surface area contributed by atoms with Crippen molar-refractivity contribution in [3.8, 4) is 11.5 Å². The second kappa shape index (κ2) is 8.31. The first-order valence-electron chi connectivity index (χ1n) is 9.44. The number of amides is 1. The molecule has 1 amide bonds. The number of rotatable bonds is 6. The number of H-pyrrole nitrogens is 1. The molecule has 1 aliphatic heterocycles. The molecule has 0 atom stereocenters. The molecule has 0 aliphatic carbocycles. The Kier molecular flexibility index (Phi) is 5.43. The number of aromatic nitrogens is 2. The van der Waals surface area contributed by atoms with Gasteiger partial charge in [0, 0.05) is 38.3 Å². The van der Waals surface area contributed by atoms with Gasteiger partial charge >= 0.3 is 0 Å². The molecule has 7 heteroatoms. The first-order valence-corrected chi connectivity index (χ1v) is 9.44. The molecule has 28 heavy (non-hydrogen) atoms. The zero-order valence-electron chi connectivity index (χ0n) is 15.9. The summed E-state index contributed by atoms with van der Waals surface area (Å²) in [6, 6.07) is 13.2. The van der Waals surface area contributed by atoms with Crippen LogP contribution in [0.4, 0.5) is 0 Å². The van der Waals surface area contributed by atoms with E-state index >= 15 is 0 Å². The van der Waals surface area contributed by atoms with Gasteiger partial charge in [0.2, 0.25) is 0 Å². The first kappa shape index (κ1) is 18.3. The Hall–Kier alpha value is -3.06. The maximum Gasteiger partial charge on any atom is 0.254 e. The van der Waals surface area contributed by atoms with Crippen LogP contribution in [-0.2, 0) is 0 Å². The van der Waals surface area contributed by atoms with E-state index in [4.69, 9.17) is 9.47 Å². The van der Waals surface area contributed by atoms with E-state index in [1.165, 1.54) is 0 Å². The molecule has 146 valence electrons. The summed E-state index contributed by atoms with van der Waals surface area (Å²) in [4.78, 5) is 24.3. The summed E-state index contributed by atoms with van der Waals surface area (Å²) >= 11 is 0. The number of aromatic amines is 1. The Morgan fingerprint density at radius 2 is 1.82 bits per heavy atom. The van der Waals surface area contributed by atoms with Crippen molar-refractivity contribution in [2.24, 2.45) is 0 Å². The van der Waals surface area contributed by atoms with E-state index < -0.39 is 0 Å². The fourth-order valence-corrected chi connectivity index (χ4v) is 3.39. The number of fused-ring (bicyclic) bond motifs is 1. The maximum absolute atomic E-state index is 12.8. The number of hydrogen-bond acceptors (Lipinski definition) is 5. The van der Waals surface area contributed by atoms with Crippen LogP contribution < -0.4 is 9.47 Å². The van der Waals surface area contributed by atoms with Crippen LogP contribution >= 0.6 is 0 Å². The molecule has 1 N–H and O–H groups in total. The molecule has 2 heterocycles. The largest absolute Gasteiger partial charge is 0.497 e. The van der Waals surface area contributed by atoms with Gasteiger partial charge in [0.05, 0.1) is 24.5 Å². The van der Waals surface area contributed by atoms with Crippen LogP contribution in [0.2, 0.25) is 0 Å². The van der Waals surface area contributed by atoms with Crippen molar-refractivity contribution in [3.63, 3.8) is 0 Å². The van der Waals surface area contributed by atoms with Gasteiger partial charge in [-0.1, -0.05) is 0 Å². The van der Waals surface area contributed by atoms with Crippen molar-refractivity contribution in [1.29, 1.82) is 0 Å². The van der Waals surface area contributed by atoms with Gasteiger partial charge in [-0.3, -0.25) is 9.69 Å². The number of methoxy groups -OCH3 is 1. The highest BCUT2D eigenvalue weighted by molar-refractivity contribution is 5.97. The van der Waals surface area contributed by atoms with E-state index in [2.05, 4.69) is 14.9 Å². The predicted octanol–water partition coefficient (Wildman–Crippen LogP) is 2.41. The molecular weight excluding hydrogens is 356 g/mol. The maximum atomic E-state index is 12.8. The molecule has 0 spiro atoms. The SMILES string of the molecule is COc1ccc(OCCN2CCN(C(=O)c3ccc4nc[nH]c4c3)CC2)cc1. The van der Waals surface area contributed by atoms with E-state index in [9.17, 15) is 4.79 Å². The number of carbonyl (C=O) groups is 1. The summed E-state index contributed by atoms with van der Waals surface area (Å²) in [5.74, 6) is 1.73. The first-order chi connectivity index (χ1) is 13.7. The monoisotopic (exact) mass is 380 g/mol. The van der Waals surface area contributed by atoms with Crippen molar-refractivity contribution in [1.82, 2.24) is 19.8 Å². The van der Waals surface area contributed by atoms with Crippen LogP contribution in [0, 0.1) is 0 Å². The lowest BCUT2D eigenvalue weighted by Crippen LogP contribution is -2.49. The van der Waals surface area contributed by atoms with Crippen LogP contribution in [0.1, 0.15) is 10.4 Å². The van der Waals surface area contributed by atoms with Gasteiger partial charge in [-0.2, -0.15) is 0 Å². The Morgan fingerprint density at radius 3 is 2.57 bits per heavy atom. The van der Waals surface area contributed by atoms with E-state index in [0.29, 0.717) is 12.2 Å². The third-order valence-corrected chi connectivity index (χ3v) is 5.06. The number of nitrogens with zero attached hydrogens (tertiary/aromatic N) is 3. The Balaban J connectivity index is 1.24. The van der Waals surface area contributed by atoms with Crippen molar-refractivity contribution in [3.05, 3.63) is 54.4 Å². The molecule has 0 saturated carbocycles. The zero-order valence-corrected chi connectivity index (χ0v) is 15.9. The molecule has 2 aromatic carbocycles. The Bertz CT molecular complexity index is 930. The lowest BCUT2D eigenvalue weighted by atomic mass is 10.1. The van der Waals surface area contributed by atoms with Crippen molar-refractivity contribution in [2.75, 3.05) is 46.4 Å². The third-order valence-electron chi connectivity index (χ3n) is 5.06. The van der Waals surface area contributed by atoms with Crippen LogP contribution in [0.5, 0.6) is 11.5 Å². The molecule has 0 bridgehead atoms. The van der Waals surface area contributed by atoms with Crippen LogP contribution in [-0.4, -0.2) is 72.1 Å². The van der Waals surface area contributed by atoms with E-state index in [1.807, 2.05) is 47.4 Å². The lowest BCUT2D eigenvalue weighted by molar-refractivity contribution is 0.0620. The van der Waals surface area contributed by atoms with Gasteiger partial charge in [-0.15, -0.1) is 0 Å². The predicted molar refractivity (Wildman–Crippen MR) is 107 cm³/mol.